The summed E-state index contributed by atoms with van der Waals surface area (Å²) in [5, 5.41) is 26.4. The number of aliphatic hydroxyl groups is 1. The van der Waals surface area contributed by atoms with Crippen LogP contribution in [0, 0.1) is 0 Å². The van der Waals surface area contributed by atoms with Gasteiger partial charge in [-0.25, -0.2) is 13.4 Å². The number of benzene rings is 2. The summed E-state index contributed by atoms with van der Waals surface area (Å²) in [6.45, 7) is -0.444. The normalized spacial score (nSPS) is 16.6. The highest BCUT2D eigenvalue weighted by Crippen LogP contribution is 2.33. The molecule has 16 heteroatoms. The van der Waals surface area contributed by atoms with Gasteiger partial charge in [0.1, 0.15) is 12.3 Å². The summed E-state index contributed by atoms with van der Waals surface area (Å²) in [7, 11) is -2.68. The number of rotatable bonds is 12. The molecule has 3 heterocycles. The Bertz CT molecular complexity index is 1700. The van der Waals surface area contributed by atoms with Crippen LogP contribution in [0.15, 0.2) is 93.3 Å². The number of allylic oxidation sites excluding steroid dienone is 1. The van der Waals surface area contributed by atoms with Crippen molar-refractivity contribution in [1.29, 1.82) is 0 Å². The highest BCUT2D eigenvalue weighted by Gasteiger charge is 2.41. The number of hydrogen-bond acceptors (Lipinski definition) is 13. The third kappa shape index (κ3) is 6.20. The molecule has 0 fully saturated rings. The first-order valence-electron chi connectivity index (χ1n) is 12.4. The van der Waals surface area contributed by atoms with E-state index < -0.39 is 15.8 Å². The van der Waals surface area contributed by atoms with Crippen molar-refractivity contribution < 1.29 is 27.7 Å². The number of H-pyrrole nitrogens is 1. The second kappa shape index (κ2) is 12.6. The minimum atomic E-state index is -4.18. The van der Waals surface area contributed by atoms with Crippen LogP contribution in [0.2, 0.25) is 0 Å². The summed E-state index contributed by atoms with van der Waals surface area (Å²) in [5.74, 6) is -0.738. The fraction of sp³-hybridized carbons (Fsp3) is 0.192. The molecule has 0 amide bonds. The molecule has 1 atom stereocenters. The van der Waals surface area contributed by atoms with Crippen LogP contribution in [0.3, 0.4) is 0 Å². The maximum absolute atomic E-state index is 13.7. The summed E-state index contributed by atoms with van der Waals surface area (Å²) in [5.41, 5.74) is 0.623. The number of methoxy groups -OCH3 is 1. The SMILES string of the molecule is COc1ccccc1OC1=C(OCCO)NC(NS(=O)(=O)c2ccc(SC)cc2)(c2ccnc(-c3nn[nH]n3)c2)N=C1. The summed E-state index contributed by atoms with van der Waals surface area (Å²) in [6, 6.07) is 16.5. The molecule has 0 aliphatic carbocycles. The van der Waals surface area contributed by atoms with Gasteiger partial charge in [0.05, 0.1) is 24.8 Å². The van der Waals surface area contributed by atoms with Gasteiger partial charge >= 0.3 is 0 Å². The van der Waals surface area contributed by atoms with E-state index in [-0.39, 0.29) is 35.6 Å². The lowest BCUT2D eigenvalue weighted by Crippen LogP contribution is -2.56. The van der Waals surface area contributed by atoms with Gasteiger partial charge in [-0.05, 0) is 60.0 Å². The van der Waals surface area contributed by atoms with Crippen LogP contribution in [0.25, 0.3) is 11.5 Å². The second-order valence-corrected chi connectivity index (χ2v) is 11.1. The molecule has 5 rings (SSSR count). The van der Waals surface area contributed by atoms with Crippen LogP contribution in [0.4, 0.5) is 0 Å². The van der Waals surface area contributed by atoms with Gasteiger partial charge in [-0.3, -0.25) is 4.98 Å². The Labute approximate surface area is 245 Å². The van der Waals surface area contributed by atoms with Gasteiger partial charge in [0.25, 0.3) is 0 Å². The van der Waals surface area contributed by atoms with Crippen molar-refractivity contribution in [2.75, 3.05) is 26.6 Å². The van der Waals surface area contributed by atoms with Crippen molar-refractivity contribution in [3.05, 3.63) is 84.1 Å². The number of aromatic nitrogens is 5. The first-order valence-corrected chi connectivity index (χ1v) is 15.1. The third-order valence-corrected chi connectivity index (χ3v) is 8.12. The predicted molar refractivity (Wildman–Crippen MR) is 153 cm³/mol. The molecule has 218 valence electrons. The Hall–Kier alpha value is -4.51. The van der Waals surface area contributed by atoms with Gasteiger partial charge in [-0.2, -0.15) is 9.94 Å². The topological polar surface area (TPSA) is 186 Å². The third-order valence-electron chi connectivity index (χ3n) is 5.92. The fourth-order valence-corrected chi connectivity index (χ4v) is 5.57. The molecule has 4 N–H and O–H groups in total. The molecule has 0 spiro atoms. The highest BCUT2D eigenvalue weighted by molar-refractivity contribution is 7.98. The lowest BCUT2D eigenvalue weighted by molar-refractivity contribution is 0.106. The van der Waals surface area contributed by atoms with Crippen molar-refractivity contribution in [2.45, 2.75) is 15.6 Å². The Kier molecular flexibility index (Phi) is 8.67. The minimum absolute atomic E-state index is 0.00307. The number of tetrazole rings is 1. The van der Waals surface area contributed by atoms with Gasteiger partial charge in [-0.15, -0.1) is 22.0 Å². The van der Waals surface area contributed by atoms with Crippen LogP contribution >= 0.6 is 11.8 Å². The molecule has 0 radical (unpaired) electrons. The zero-order valence-electron chi connectivity index (χ0n) is 22.4. The van der Waals surface area contributed by atoms with Crippen LogP contribution in [0.5, 0.6) is 11.5 Å². The van der Waals surface area contributed by atoms with E-state index in [4.69, 9.17) is 14.2 Å². The summed E-state index contributed by atoms with van der Waals surface area (Å²) < 4.78 is 47.4. The quantitative estimate of drug-likeness (QED) is 0.171. The smallest absolute Gasteiger partial charge is 0.244 e. The molecule has 0 bridgehead atoms. The first kappa shape index (κ1) is 29.0. The Balaban J connectivity index is 1.60. The molecular weight excluding hydrogens is 584 g/mol. The summed E-state index contributed by atoms with van der Waals surface area (Å²) in [6.07, 6.45) is 4.68. The fourth-order valence-electron chi connectivity index (χ4n) is 3.94. The van der Waals surface area contributed by atoms with E-state index in [1.54, 1.807) is 48.5 Å². The second-order valence-electron chi connectivity index (χ2n) is 8.56. The van der Waals surface area contributed by atoms with Crippen molar-refractivity contribution in [2.24, 2.45) is 4.99 Å². The molecule has 0 saturated heterocycles. The molecule has 42 heavy (non-hydrogen) atoms. The number of nitrogens with one attached hydrogen (secondary N) is 3. The maximum Gasteiger partial charge on any atom is 0.244 e. The van der Waals surface area contributed by atoms with Gasteiger partial charge < -0.3 is 24.6 Å². The van der Waals surface area contributed by atoms with E-state index in [0.29, 0.717) is 22.8 Å². The molecule has 1 unspecified atom stereocenters. The lowest BCUT2D eigenvalue weighted by atomic mass is 10.1. The maximum atomic E-state index is 13.7. The first-order chi connectivity index (χ1) is 20.4. The number of sulfonamides is 1. The van der Waals surface area contributed by atoms with E-state index in [0.717, 1.165) is 4.90 Å². The molecule has 4 aromatic rings. The number of para-hydroxylation sites is 2. The van der Waals surface area contributed by atoms with E-state index >= 15 is 0 Å². The zero-order chi connectivity index (χ0) is 29.6. The average molecular weight is 611 g/mol. The molecule has 0 saturated carbocycles. The Morgan fingerprint density at radius 1 is 1.10 bits per heavy atom. The van der Waals surface area contributed by atoms with Gasteiger partial charge in [0.15, 0.2) is 11.5 Å². The van der Waals surface area contributed by atoms with Gasteiger partial charge in [0.2, 0.25) is 33.3 Å². The Morgan fingerprint density at radius 3 is 2.57 bits per heavy atom. The number of thioether (sulfide) groups is 1. The zero-order valence-corrected chi connectivity index (χ0v) is 24.0. The summed E-state index contributed by atoms with van der Waals surface area (Å²) >= 11 is 1.49. The minimum Gasteiger partial charge on any atom is -0.493 e. The van der Waals surface area contributed by atoms with E-state index in [2.05, 4.69) is 40.6 Å². The standard InChI is InChI=1S/C26H26N8O6S2/c1-38-21-5-3-4-6-22(21)40-23-16-28-26(29-25(23)39-14-13-35,17-11-12-27-20(15-17)24-30-33-34-31-24)32-42(36,37)19-9-7-18(41-2)8-10-19/h3-12,15-16,29,32,35H,13-14H2,1-2H3,(H,30,31,33,34). The molecule has 1 aliphatic heterocycles. The van der Waals surface area contributed by atoms with Crippen molar-refractivity contribution in [3.63, 3.8) is 0 Å². The van der Waals surface area contributed by atoms with Crippen LogP contribution in [-0.2, 0) is 20.5 Å². The average Bonchev–Trinajstić information content (AvgIpc) is 3.57. The number of aliphatic hydroxyl groups excluding tert-OH is 1. The number of pyridine rings is 1. The number of ether oxygens (including phenoxy) is 3. The summed E-state index contributed by atoms with van der Waals surface area (Å²) in [4.78, 5) is 9.80. The van der Waals surface area contributed by atoms with E-state index in [9.17, 15) is 13.5 Å². The van der Waals surface area contributed by atoms with Gasteiger partial charge in [-0.1, -0.05) is 12.1 Å². The molecule has 14 nitrogen and oxygen atoms in total. The molecule has 1 aliphatic rings. The van der Waals surface area contributed by atoms with Crippen molar-refractivity contribution in [1.82, 2.24) is 35.6 Å². The molecule has 2 aromatic heterocycles. The number of aliphatic imine (C=N–C) groups is 1. The van der Waals surface area contributed by atoms with Gasteiger partial charge in [0, 0.05) is 16.7 Å². The molecule has 2 aromatic carbocycles. The largest absolute Gasteiger partial charge is 0.493 e. The number of hydrogen-bond donors (Lipinski definition) is 4. The number of nitrogens with zero attached hydrogens (tertiary/aromatic N) is 5. The van der Waals surface area contributed by atoms with Crippen LogP contribution in [-0.4, -0.2) is 71.9 Å². The van der Waals surface area contributed by atoms with Crippen LogP contribution < -0.4 is 19.5 Å². The highest BCUT2D eigenvalue weighted by atomic mass is 32.2. The predicted octanol–water partition coefficient (Wildman–Crippen LogP) is 2.01. The molecular formula is C26H26N8O6S2. The lowest BCUT2D eigenvalue weighted by Gasteiger charge is -2.36. The van der Waals surface area contributed by atoms with Crippen LogP contribution in [0.1, 0.15) is 5.56 Å². The van der Waals surface area contributed by atoms with E-state index in [1.165, 1.54) is 43.4 Å². The monoisotopic (exact) mass is 610 g/mol. The Morgan fingerprint density at radius 2 is 1.88 bits per heavy atom. The van der Waals surface area contributed by atoms with Crippen molar-refractivity contribution in [3.8, 4) is 23.0 Å². The van der Waals surface area contributed by atoms with E-state index in [1.807, 2.05) is 6.26 Å². The number of aromatic amines is 1. The van der Waals surface area contributed by atoms with Crippen molar-refractivity contribution >= 4 is 28.0 Å².